The van der Waals surface area contributed by atoms with Gasteiger partial charge in [0.1, 0.15) is 0 Å². The summed E-state index contributed by atoms with van der Waals surface area (Å²) in [5.41, 5.74) is 1.14. The van der Waals surface area contributed by atoms with E-state index in [0.29, 0.717) is 0 Å². The van der Waals surface area contributed by atoms with Crippen LogP contribution in [0.25, 0.3) is 0 Å². The third-order valence-electron chi connectivity index (χ3n) is 2.79. The lowest BCUT2D eigenvalue weighted by atomic mass is 9.98. The molecule has 93 valence electrons. The molecule has 0 bridgehead atoms. The largest absolute Gasteiger partial charge is 0.352 e. The van der Waals surface area contributed by atoms with Crippen molar-refractivity contribution in [3.63, 3.8) is 0 Å². The molecule has 1 N–H and O–H groups in total. The van der Waals surface area contributed by atoms with Gasteiger partial charge in [0.2, 0.25) is 6.41 Å². The van der Waals surface area contributed by atoms with Gasteiger partial charge in [0.15, 0.2) is 0 Å². The molecule has 1 aromatic carbocycles. The topological polar surface area (TPSA) is 29.1 Å². The zero-order valence-electron chi connectivity index (χ0n) is 10.7. The van der Waals surface area contributed by atoms with Crippen LogP contribution < -0.4 is 5.32 Å². The van der Waals surface area contributed by atoms with E-state index in [1.54, 1.807) is 0 Å². The second-order valence-electron chi connectivity index (χ2n) is 4.73. The molecule has 1 atom stereocenters. The average Bonchev–Trinajstić information content (AvgIpc) is 2.34. The average molecular weight is 232 g/mol. The molecule has 0 saturated carbocycles. The van der Waals surface area contributed by atoms with Crippen LogP contribution in [-0.4, -0.2) is 6.41 Å². The van der Waals surface area contributed by atoms with Crippen molar-refractivity contribution in [2.75, 3.05) is 0 Å². The zero-order valence-corrected chi connectivity index (χ0v) is 10.7. The van der Waals surface area contributed by atoms with Gasteiger partial charge < -0.3 is 5.32 Å². The summed E-state index contributed by atoms with van der Waals surface area (Å²) in [7, 11) is 0. The van der Waals surface area contributed by atoms with Crippen LogP contribution in [0.4, 0.5) is 0 Å². The number of nitrogens with one attached hydrogen (secondary N) is 1. The summed E-state index contributed by atoms with van der Waals surface area (Å²) in [6.45, 7) is 4.47. The molecule has 1 amide bonds. The van der Waals surface area contributed by atoms with Crippen molar-refractivity contribution < 1.29 is 4.79 Å². The van der Waals surface area contributed by atoms with Gasteiger partial charge >= 0.3 is 0 Å². The van der Waals surface area contributed by atoms with E-state index in [1.165, 1.54) is 12.8 Å². The van der Waals surface area contributed by atoms with Crippen molar-refractivity contribution in [3.8, 4) is 0 Å². The van der Waals surface area contributed by atoms with Gasteiger partial charge in [-0.1, -0.05) is 57.0 Å². The third kappa shape index (κ3) is 5.53. The molecule has 0 saturated heterocycles. The molecular formula is C15H22NO. The Morgan fingerprint density at radius 3 is 2.53 bits per heavy atom. The molecular weight excluding hydrogens is 210 g/mol. The monoisotopic (exact) mass is 232 g/mol. The molecule has 1 aromatic rings. The fourth-order valence-corrected chi connectivity index (χ4v) is 1.84. The highest BCUT2D eigenvalue weighted by atomic mass is 16.1. The molecule has 1 radical (unpaired) electrons. The number of carbonyl (C=O) groups is 1. The number of hydrogen-bond donors (Lipinski definition) is 1. The van der Waals surface area contributed by atoms with Crippen molar-refractivity contribution in [2.45, 2.75) is 39.2 Å². The maximum absolute atomic E-state index is 10.6. The Kier molecular flexibility index (Phi) is 6.38. The Labute approximate surface area is 104 Å². The Hall–Kier alpha value is -1.31. The highest BCUT2D eigenvalue weighted by molar-refractivity contribution is 5.48. The number of unbranched alkanes of at least 4 members (excludes halogenated alkanes) is 1. The minimum Gasteiger partial charge on any atom is -0.352 e. The molecule has 0 fully saturated rings. The normalized spacial score (nSPS) is 12.4. The highest BCUT2D eigenvalue weighted by Crippen LogP contribution is 2.19. The Bertz CT molecular complexity index is 308. The van der Waals surface area contributed by atoms with Gasteiger partial charge in [0.05, 0.1) is 6.04 Å². The number of carbonyl (C=O) groups excluding carboxylic acids is 1. The van der Waals surface area contributed by atoms with Gasteiger partial charge in [-0.25, -0.2) is 0 Å². The van der Waals surface area contributed by atoms with Gasteiger partial charge in [-0.2, -0.15) is 0 Å². The van der Waals surface area contributed by atoms with Crippen LogP contribution in [0, 0.1) is 12.3 Å². The van der Waals surface area contributed by atoms with Crippen molar-refractivity contribution in [1.29, 1.82) is 0 Å². The van der Waals surface area contributed by atoms with Crippen molar-refractivity contribution >= 4 is 6.41 Å². The number of rotatable bonds is 8. The summed E-state index contributed by atoms with van der Waals surface area (Å²) in [5, 5.41) is 2.85. The lowest BCUT2D eigenvalue weighted by Crippen LogP contribution is -2.19. The van der Waals surface area contributed by atoms with Crippen molar-refractivity contribution in [3.05, 3.63) is 42.3 Å². The lowest BCUT2D eigenvalue weighted by Gasteiger charge is -2.16. The van der Waals surface area contributed by atoms with E-state index in [9.17, 15) is 4.79 Å². The predicted molar refractivity (Wildman–Crippen MR) is 71.4 cm³/mol. The van der Waals surface area contributed by atoms with Gasteiger partial charge in [-0.05, 0) is 24.3 Å². The summed E-state index contributed by atoms with van der Waals surface area (Å²) in [6.07, 6.45) is 6.42. The molecule has 2 nitrogen and oxygen atoms in total. The smallest absolute Gasteiger partial charge is 0.207 e. The summed E-state index contributed by atoms with van der Waals surface area (Å²) in [5.74, 6) is 0.748. The lowest BCUT2D eigenvalue weighted by molar-refractivity contribution is -0.110. The van der Waals surface area contributed by atoms with E-state index in [2.05, 4.69) is 25.6 Å². The summed E-state index contributed by atoms with van der Waals surface area (Å²) in [4.78, 5) is 10.6. The van der Waals surface area contributed by atoms with E-state index >= 15 is 0 Å². The maximum Gasteiger partial charge on any atom is 0.207 e. The highest BCUT2D eigenvalue weighted by Gasteiger charge is 2.09. The van der Waals surface area contributed by atoms with Gasteiger partial charge in [-0.15, -0.1) is 0 Å². The van der Waals surface area contributed by atoms with Crippen LogP contribution in [0.3, 0.4) is 0 Å². The molecule has 0 aliphatic heterocycles. The van der Waals surface area contributed by atoms with Gasteiger partial charge in [-0.3, -0.25) is 4.79 Å². The summed E-state index contributed by atoms with van der Waals surface area (Å²) in [6, 6.07) is 10.1. The molecule has 0 heterocycles. The maximum atomic E-state index is 10.6. The van der Waals surface area contributed by atoms with Crippen LogP contribution in [0.1, 0.15) is 44.7 Å². The first-order chi connectivity index (χ1) is 8.24. The zero-order chi connectivity index (χ0) is 12.5. The summed E-state index contributed by atoms with van der Waals surface area (Å²) < 4.78 is 0. The third-order valence-corrected chi connectivity index (χ3v) is 2.79. The fourth-order valence-electron chi connectivity index (χ4n) is 1.84. The Morgan fingerprint density at radius 1 is 1.24 bits per heavy atom. The van der Waals surface area contributed by atoms with Crippen LogP contribution in [-0.2, 0) is 4.79 Å². The minimum atomic E-state index is 0.0425. The number of hydrogen-bond acceptors (Lipinski definition) is 1. The SMILES string of the molecule is CC(C)CCC[CH]C(NC=O)c1ccccc1. The minimum absolute atomic E-state index is 0.0425. The van der Waals surface area contributed by atoms with Crippen molar-refractivity contribution in [2.24, 2.45) is 5.92 Å². The first kappa shape index (κ1) is 13.8. The molecule has 0 aromatic heterocycles. The molecule has 0 aliphatic rings. The Morgan fingerprint density at radius 2 is 1.94 bits per heavy atom. The van der Waals surface area contributed by atoms with Gasteiger partial charge in [0, 0.05) is 0 Å². The van der Waals surface area contributed by atoms with Crippen LogP contribution in [0.15, 0.2) is 30.3 Å². The molecule has 1 rings (SSSR count). The summed E-state index contributed by atoms with van der Waals surface area (Å²) >= 11 is 0. The predicted octanol–water partition coefficient (Wildman–Crippen LogP) is 3.50. The first-order valence-corrected chi connectivity index (χ1v) is 6.32. The molecule has 17 heavy (non-hydrogen) atoms. The fraction of sp³-hybridized carbons (Fsp3) is 0.467. The van der Waals surface area contributed by atoms with E-state index in [4.69, 9.17) is 0 Å². The van der Waals surface area contributed by atoms with E-state index < -0.39 is 0 Å². The molecule has 2 heteroatoms. The van der Waals surface area contributed by atoms with E-state index in [0.717, 1.165) is 24.3 Å². The molecule has 0 aliphatic carbocycles. The molecule has 0 spiro atoms. The standard InChI is InChI=1S/C15H22NO/c1-13(2)8-6-7-11-15(16-12-17)14-9-4-3-5-10-14/h3-5,9-13,15H,6-8H2,1-2H3,(H,16,17). The van der Waals surface area contributed by atoms with Gasteiger partial charge in [0.25, 0.3) is 0 Å². The number of benzene rings is 1. The second kappa shape index (κ2) is 7.88. The molecule has 1 unspecified atom stereocenters. The van der Waals surface area contributed by atoms with Crippen LogP contribution in [0.5, 0.6) is 0 Å². The second-order valence-corrected chi connectivity index (χ2v) is 4.73. The quantitative estimate of drug-likeness (QED) is 0.539. The van der Waals surface area contributed by atoms with E-state index in [1.807, 2.05) is 30.3 Å². The van der Waals surface area contributed by atoms with Crippen LogP contribution >= 0.6 is 0 Å². The number of amides is 1. The van der Waals surface area contributed by atoms with Crippen LogP contribution in [0.2, 0.25) is 0 Å². The Balaban J connectivity index is 2.41. The van der Waals surface area contributed by atoms with Crippen molar-refractivity contribution in [1.82, 2.24) is 5.32 Å². The van der Waals surface area contributed by atoms with E-state index in [-0.39, 0.29) is 6.04 Å². The first-order valence-electron chi connectivity index (χ1n) is 6.32.